The van der Waals surface area contributed by atoms with Gasteiger partial charge in [0.25, 0.3) is 0 Å². The van der Waals surface area contributed by atoms with Crippen molar-refractivity contribution in [3.63, 3.8) is 0 Å². The van der Waals surface area contributed by atoms with Crippen LogP contribution in [-0.4, -0.2) is 32.7 Å². The third kappa shape index (κ3) is 3.44. The van der Waals surface area contributed by atoms with Crippen LogP contribution < -0.4 is 19.6 Å². The number of hydrogen-bond acceptors (Lipinski definition) is 6. The van der Waals surface area contributed by atoms with E-state index in [1.54, 1.807) is 27.7 Å². The summed E-state index contributed by atoms with van der Waals surface area (Å²) in [7, 11) is 4.93. The summed E-state index contributed by atoms with van der Waals surface area (Å²) in [6, 6.07) is 11.8. The number of hydrogen-bond donors (Lipinski definition) is 1. The number of aliphatic imine (C=N–C) groups is 1. The Bertz CT molecular complexity index is 746. The molecule has 2 aromatic carbocycles. The van der Waals surface area contributed by atoms with Crippen LogP contribution >= 0.6 is 0 Å². The molecule has 0 bridgehead atoms. The predicted molar refractivity (Wildman–Crippen MR) is 93.1 cm³/mol. The van der Waals surface area contributed by atoms with Crippen molar-refractivity contribution < 1.29 is 14.2 Å². The average molecular weight is 327 g/mol. The zero-order valence-corrected chi connectivity index (χ0v) is 14.1. The minimum atomic E-state index is 0.665. The highest BCUT2D eigenvalue weighted by Gasteiger charge is 2.13. The molecule has 0 spiro atoms. The van der Waals surface area contributed by atoms with Crippen molar-refractivity contribution in [1.29, 1.82) is 0 Å². The van der Waals surface area contributed by atoms with E-state index in [4.69, 9.17) is 14.2 Å². The van der Waals surface area contributed by atoms with Crippen molar-refractivity contribution in [3.05, 3.63) is 47.5 Å². The number of benzene rings is 2. The summed E-state index contributed by atoms with van der Waals surface area (Å²) in [6.45, 7) is 1.41. The number of nitrogens with one attached hydrogen (secondary N) is 1. The molecule has 1 aliphatic rings. The molecule has 0 aromatic heterocycles. The molecule has 6 heteroatoms. The van der Waals surface area contributed by atoms with Crippen molar-refractivity contribution in [1.82, 2.24) is 10.4 Å². The van der Waals surface area contributed by atoms with Gasteiger partial charge in [-0.05, 0) is 29.3 Å². The van der Waals surface area contributed by atoms with Crippen LogP contribution in [0.2, 0.25) is 0 Å². The Balaban J connectivity index is 1.64. The van der Waals surface area contributed by atoms with Gasteiger partial charge in [0.2, 0.25) is 0 Å². The van der Waals surface area contributed by atoms with Gasteiger partial charge in [-0.3, -0.25) is 5.01 Å². The minimum Gasteiger partial charge on any atom is -0.497 e. The molecule has 1 aliphatic heterocycles. The molecule has 0 saturated carbocycles. The van der Waals surface area contributed by atoms with Gasteiger partial charge in [-0.2, -0.15) is 0 Å². The van der Waals surface area contributed by atoms with Gasteiger partial charge in [0.05, 0.1) is 33.6 Å². The Morgan fingerprint density at radius 2 is 1.83 bits per heavy atom. The molecule has 0 radical (unpaired) electrons. The van der Waals surface area contributed by atoms with Crippen molar-refractivity contribution in [2.75, 3.05) is 21.3 Å². The second kappa shape index (κ2) is 7.23. The van der Waals surface area contributed by atoms with Crippen LogP contribution in [0.4, 0.5) is 5.69 Å². The molecule has 0 unspecified atom stereocenters. The molecule has 6 nitrogen and oxygen atoms in total. The normalized spacial score (nSPS) is 12.7. The summed E-state index contributed by atoms with van der Waals surface area (Å²) in [5.74, 6) is 2.27. The van der Waals surface area contributed by atoms with Gasteiger partial charge < -0.3 is 14.2 Å². The van der Waals surface area contributed by atoms with Crippen LogP contribution in [0, 0.1) is 0 Å². The van der Waals surface area contributed by atoms with E-state index in [0.29, 0.717) is 6.54 Å². The van der Waals surface area contributed by atoms with E-state index in [2.05, 4.69) is 10.4 Å². The maximum absolute atomic E-state index is 5.33. The molecule has 0 saturated heterocycles. The number of hydrazine groups is 1. The molecule has 0 amide bonds. The van der Waals surface area contributed by atoms with Gasteiger partial charge in [-0.25, -0.2) is 10.4 Å². The lowest BCUT2D eigenvalue weighted by Gasteiger charge is -2.25. The van der Waals surface area contributed by atoms with Crippen LogP contribution in [0.15, 0.2) is 41.4 Å². The highest BCUT2D eigenvalue weighted by molar-refractivity contribution is 5.67. The molecule has 0 aliphatic carbocycles. The van der Waals surface area contributed by atoms with Gasteiger partial charge in [0.1, 0.15) is 12.1 Å². The van der Waals surface area contributed by atoms with Crippen molar-refractivity contribution in [3.8, 4) is 17.2 Å². The SMILES string of the molecule is COc1ccc2c(c1)N=CN(NCc1ccc(OC)c(OC)c1)C2. The zero-order valence-electron chi connectivity index (χ0n) is 14.1. The summed E-state index contributed by atoms with van der Waals surface area (Å²) in [6.07, 6.45) is 1.79. The maximum Gasteiger partial charge on any atom is 0.161 e. The van der Waals surface area contributed by atoms with Crippen molar-refractivity contribution >= 4 is 12.0 Å². The molecular formula is C18H21N3O3. The van der Waals surface area contributed by atoms with E-state index < -0.39 is 0 Å². The third-order valence-corrected chi connectivity index (χ3v) is 3.90. The summed E-state index contributed by atoms with van der Waals surface area (Å²) in [5, 5.41) is 1.96. The van der Waals surface area contributed by atoms with E-state index in [1.165, 1.54) is 0 Å². The second-order valence-corrected chi connectivity index (χ2v) is 5.39. The van der Waals surface area contributed by atoms with E-state index in [-0.39, 0.29) is 0 Å². The standard InChI is InChI=1S/C18H21N3O3/c1-22-15-6-5-14-11-21(12-19-16(14)9-15)20-10-13-4-7-17(23-2)18(8-13)24-3/h4-9,12,20H,10-11H2,1-3H3. The Labute approximate surface area is 141 Å². The lowest BCUT2D eigenvalue weighted by Crippen LogP contribution is -2.37. The quantitative estimate of drug-likeness (QED) is 0.884. The van der Waals surface area contributed by atoms with Crippen LogP contribution in [-0.2, 0) is 13.1 Å². The fraction of sp³-hybridized carbons (Fsp3) is 0.278. The van der Waals surface area contributed by atoms with Crippen LogP contribution in [0.1, 0.15) is 11.1 Å². The minimum absolute atomic E-state index is 0.665. The summed E-state index contributed by atoms with van der Waals surface area (Å²) in [4.78, 5) is 4.47. The monoisotopic (exact) mass is 327 g/mol. The first-order valence-electron chi connectivity index (χ1n) is 7.65. The Morgan fingerprint density at radius 1 is 1.00 bits per heavy atom. The first kappa shape index (κ1) is 16.1. The van der Waals surface area contributed by atoms with Gasteiger partial charge >= 0.3 is 0 Å². The first-order chi connectivity index (χ1) is 11.7. The smallest absolute Gasteiger partial charge is 0.161 e. The lowest BCUT2D eigenvalue weighted by atomic mass is 10.1. The van der Waals surface area contributed by atoms with E-state index >= 15 is 0 Å². The molecule has 1 heterocycles. The van der Waals surface area contributed by atoms with E-state index in [0.717, 1.165) is 40.6 Å². The molecule has 3 rings (SSSR count). The highest BCUT2D eigenvalue weighted by atomic mass is 16.5. The fourth-order valence-electron chi connectivity index (χ4n) is 2.56. The molecule has 0 fully saturated rings. The molecule has 24 heavy (non-hydrogen) atoms. The van der Waals surface area contributed by atoms with Gasteiger partial charge in [0, 0.05) is 12.6 Å². The molecule has 1 N–H and O–H groups in total. The molecule has 2 aromatic rings. The van der Waals surface area contributed by atoms with Crippen molar-refractivity contribution in [2.45, 2.75) is 13.1 Å². The number of methoxy groups -OCH3 is 3. The van der Waals surface area contributed by atoms with Gasteiger partial charge in [-0.1, -0.05) is 12.1 Å². The molecule has 126 valence electrons. The summed E-state index contributed by atoms with van der Waals surface area (Å²) in [5.41, 5.74) is 6.55. The third-order valence-electron chi connectivity index (χ3n) is 3.90. The van der Waals surface area contributed by atoms with Gasteiger partial charge in [0.15, 0.2) is 11.5 Å². The van der Waals surface area contributed by atoms with E-state index in [1.807, 2.05) is 41.4 Å². The Kier molecular flexibility index (Phi) is 4.86. The van der Waals surface area contributed by atoms with Gasteiger partial charge in [-0.15, -0.1) is 0 Å². The van der Waals surface area contributed by atoms with Crippen molar-refractivity contribution in [2.24, 2.45) is 4.99 Å². The lowest BCUT2D eigenvalue weighted by molar-refractivity contribution is 0.301. The zero-order chi connectivity index (χ0) is 16.9. The summed E-state index contributed by atoms with van der Waals surface area (Å²) >= 11 is 0. The van der Waals surface area contributed by atoms with Crippen LogP contribution in [0.3, 0.4) is 0 Å². The maximum atomic E-state index is 5.33. The first-order valence-corrected chi connectivity index (χ1v) is 7.65. The fourth-order valence-corrected chi connectivity index (χ4v) is 2.56. The largest absolute Gasteiger partial charge is 0.497 e. The Hall–Kier alpha value is -2.73. The number of rotatable bonds is 6. The van der Waals surface area contributed by atoms with Crippen LogP contribution in [0.5, 0.6) is 17.2 Å². The number of nitrogens with zero attached hydrogens (tertiary/aromatic N) is 2. The summed E-state index contributed by atoms with van der Waals surface area (Å²) < 4.78 is 15.8. The topological polar surface area (TPSA) is 55.3 Å². The second-order valence-electron chi connectivity index (χ2n) is 5.39. The predicted octanol–water partition coefficient (Wildman–Crippen LogP) is 2.89. The number of ether oxygens (including phenoxy) is 3. The van der Waals surface area contributed by atoms with Crippen LogP contribution in [0.25, 0.3) is 0 Å². The highest BCUT2D eigenvalue weighted by Crippen LogP contribution is 2.29. The Morgan fingerprint density at radius 3 is 2.58 bits per heavy atom. The average Bonchev–Trinajstić information content (AvgIpc) is 2.65. The molecule has 0 atom stereocenters. The number of fused-ring (bicyclic) bond motifs is 1. The molecular weight excluding hydrogens is 306 g/mol. The van der Waals surface area contributed by atoms with E-state index in [9.17, 15) is 0 Å².